The highest BCUT2D eigenvalue weighted by Gasteiger charge is 2.15. The van der Waals surface area contributed by atoms with Crippen LogP contribution in [0.2, 0.25) is 0 Å². The van der Waals surface area contributed by atoms with E-state index in [1.54, 1.807) is 6.08 Å². The first-order chi connectivity index (χ1) is 15.3. The van der Waals surface area contributed by atoms with Crippen LogP contribution in [0.25, 0.3) is 0 Å². The van der Waals surface area contributed by atoms with Gasteiger partial charge in [-0.15, -0.1) is 6.58 Å². The molecule has 0 aromatic carbocycles. The maximum Gasteiger partial charge on any atom is 0.320 e. The number of quaternary nitrogens is 1. The van der Waals surface area contributed by atoms with Crippen molar-refractivity contribution in [1.82, 2.24) is 0 Å². The largest absolute Gasteiger partial charge is 0.550 e. The van der Waals surface area contributed by atoms with Crippen molar-refractivity contribution in [3.8, 4) is 0 Å². The normalized spacial score (nSPS) is 11.6. The van der Waals surface area contributed by atoms with Gasteiger partial charge in [-0.25, -0.2) is 0 Å². The molecular weight excluding hydrogens is 454 g/mol. The number of hydrogen-bond acceptors (Lipinski definition) is 10. The second-order valence-corrected chi connectivity index (χ2v) is 8.30. The topological polar surface area (TPSA) is 248 Å². The number of aliphatic hydroxyl groups is 4. The third kappa shape index (κ3) is 57.2. The first kappa shape index (κ1) is 42.1. The number of allylic oxidation sites excluding steroid dienone is 1. The van der Waals surface area contributed by atoms with E-state index in [0.717, 1.165) is 0 Å². The van der Waals surface area contributed by atoms with Gasteiger partial charge >= 0.3 is 11.9 Å². The molecule has 206 valence electrons. The second-order valence-electron chi connectivity index (χ2n) is 8.30. The maximum atomic E-state index is 10.1. The van der Waals surface area contributed by atoms with Gasteiger partial charge in [-0.1, -0.05) is 19.9 Å². The maximum absolute atomic E-state index is 10.1. The summed E-state index contributed by atoms with van der Waals surface area (Å²) in [7, 11) is 5.66. The Morgan fingerprint density at radius 2 is 1.38 bits per heavy atom. The SMILES string of the molecule is C=CC.CC(C)C[C@H](N)C(=O)O.C[N+](C)(C)CC(O)CC(=O)[O-].NCC(=O)O.OCC(O)CO. The number of nitrogens with two attached hydrogens (primary N) is 2. The molecule has 0 saturated carbocycles. The molecule has 0 spiro atoms. The molecule has 0 aromatic heterocycles. The summed E-state index contributed by atoms with van der Waals surface area (Å²) in [4.78, 5) is 29.4. The van der Waals surface area contributed by atoms with Gasteiger partial charge in [0.1, 0.15) is 24.8 Å². The number of aliphatic hydroxyl groups excluding tert-OH is 4. The van der Waals surface area contributed by atoms with E-state index in [2.05, 4.69) is 12.3 Å². The Kier molecular flexibility index (Phi) is 33.5. The number of carbonyl (C=O) groups excluding carboxylic acids is 1. The van der Waals surface area contributed by atoms with Gasteiger partial charge < -0.3 is 56.5 Å². The third-order valence-corrected chi connectivity index (χ3v) is 2.80. The van der Waals surface area contributed by atoms with Gasteiger partial charge in [0.15, 0.2) is 0 Å². The monoisotopic (exact) mass is 501 g/mol. The van der Waals surface area contributed by atoms with Crippen molar-refractivity contribution >= 4 is 17.9 Å². The van der Waals surface area contributed by atoms with Crippen molar-refractivity contribution < 1.29 is 54.6 Å². The van der Waals surface area contributed by atoms with Crippen LogP contribution in [0, 0.1) is 5.92 Å². The lowest BCUT2D eigenvalue weighted by Crippen LogP contribution is -2.43. The van der Waals surface area contributed by atoms with Gasteiger partial charge in [0.25, 0.3) is 0 Å². The molecule has 0 fully saturated rings. The summed E-state index contributed by atoms with van der Waals surface area (Å²) in [5.41, 5.74) is 9.79. The summed E-state index contributed by atoms with van der Waals surface area (Å²) >= 11 is 0. The Labute approximate surface area is 202 Å². The van der Waals surface area contributed by atoms with Crippen LogP contribution in [-0.2, 0) is 14.4 Å². The molecule has 0 rings (SSSR count). The highest BCUT2D eigenvalue weighted by Crippen LogP contribution is 2.01. The van der Waals surface area contributed by atoms with Gasteiger partial charge in [-0.05, 0) is 19.3 Å². The fourth-order valence-corrected chi connectivity index (χ4v) is 1.56. The summed E-state index contributed by atoms with van der Waals surface area (Å²) in [5.74, 6) is -2.73. The Morgan fingerprint density at radius 1 is 1.03 bits per heavy atom. The van der Waals surface area contributed by atoms with E-state index >= 15 is 0 Å². The summed E-state index contributed by atoms with van der Waals surface area (Å²) in [5, 5.41) is 59.1. The second kappa shape index (κ2) is 27.1. The molecule has 0 radical (unpaired) electrons. The molecule has 0 bridgehead atoms. The molecule has 10 N–H and O–H groups in total. The fraction of sp³-hybridized carbons (Fsp3) is 0.762. The smallest absolute Gasteiger partial charge is 0.320 e. The molecule has 0 aliphatic rings. The zero-order chi connectivity index (χ0) is 28.5. The van der Waals surface area contributed by atoms with Crippen molar-refractivity contribution in [2.24, 2.45) is 17.4 Å². The average molecular weight is 502 g/mol. The molecule has 13 nitrogen and oxygen atoms in total. The molecule has 0 aliphatic carbocycles. The van der Waals surface area contributed by atoms with Crippen molar-refractivity contribution in [1.29, 1.82) is 0 Å². The van der Waals surface area contributed by atoms with E-state index in [9.17, 15) is 19.5 Å². The van der Waals surface area contributed by atoms with Crippen LogP contribution in [0.5, 0.6) is 0 Å². The highest BCUT2D eigenvalue weighted by molar-refractivity contribution is 5.73. The van der Waals surface area contributed by atoms with Gasteiger partial charge in [0.2, 0.25) is 0 Å². The third-order valence-electron chi connectivity index (χ3n) is 2.80. The van der Waals surface area contributed by atoms with Gasteiger partial charge in [-0.3, -0.25) is 9.59 Å². The standard InChI is InChI=1S/C7H15NO3.C6H13NO2.C3H8O3.C3H6.C2H5NO2/c1-8(2,3)5-6(9)4-7(10)11;1-4(2)3-5(7)6(8)9;4-1-3(6)2-5;1-3-2;3-1-2(4)5/h6,9H,4-5H2,1-3H3;4-5H,3,7H2,1-2H3,(H,8,9);3-6H,1-2H2;3H,1H2,2H3;1,3H2,(H,4,5)/t;5-;;;/m.0.../s1. The minimum Gasteiger partial charge on any atom is -0.550 e. The zero-order valence-electron chi connectivity index (χ0n) is 21.3. The lowest BCUT2D eigenvalue weighted by Gasteiger charge is -2.26. The molecule has 1 unspecified atom stereocenters. The summed E-state index contributed by atoms with van der Waals surface area (Å²) in [6.07, 6.45) is 0.259. The predicted molar refractivity (Wildman–Crippen MR) is 126 cm³/mol. The van der Waals surface area contributed by atoms with E-state index in [0.29, 0.717) is 23.4 Å². The molecule has 0 heterocycles. The van der Waals surface area contributed by atoms with Crippen molar-refractivity contribution in [3.05, 3.63) is 12.7 Å². The summed E-state index contributed by atoms with van der Waals surface area (Å²) in [6, 6.07) is -0.690. The summed E-state index contributed by atoms with van der Waals surface area (Å²) in [6.45, 7) is 8.56. The Bertz CT molecular complexity index is 508. The molecule has 0 aliphatic heterocycles. The highest BCUT2D eigenvalue weighted by atomic mass is 16.4. The van der Waals surface area contributed by atoms with Crippen molar-refractivity contribution in [2.75, 3.05) is 47.4 Å². The quantitative estimate of drug-likeness (QED) is 0.112. The number of carbonyl (C=O) groups is 3. The van der Waals surface area contributed by atoms with E-state index in [4.69, 9.17) is 36.4 Å². The number of likely N-dealkylation sites (N-methyl/N-ethyl adjacent to an activating group) is 1. The van der Waals surface area contributed by atoms with E-state index in [-0.39, 0.29) is 26.2 Å². The van der Waals surface area contributed by atoms with Gasteiger partial charge in [0.05, 0.1) is 40.9 Å². The van der Waals surface area contributed by atoms with E-state index in [1.807, 2.05) is 41.9 Å². The number of aliphatic carboxylic acids is 3. The minimum atomic E-state index is -1.20. The number of rotatable bonds is 10. The van der Waals surface area contributed by atoms with Crippen LogP contribution in [0.15, 0.2) is 12.7 Å². The lowest BCUT2D eigenvalue weighted by atomic mass is 10.1. The lowest BCUT2D eigenvalue weighted by molar-refractivity contribution is -0.873. The van der Waals surface area contributed by atoms with Crippen LogP contribution in [0.1, 0.15) is 33.6 Å². The van der Waals surface area contributed by atoms with Crippen LogP contribution >= 0.6 is 0 Å². The van der Waals surface area contributed by atoms with E-state index < -0.39 is 36.2 Å². The Morgan fingerprint density at radius 3 is 1.50 bits per heavy atom. The first-order valence-electron chi connectivity index (χ1n) is 10.4. The number of carboxylic acid groups (broad SMARTS) is 3. The van der Waals surface area contributed by atoms with Gasteiger partial charge in [-0.2, -0.15) is 0 Å². The molecule has 0 saturated heterocycles. The molecule has 0 aromatic rings. The fourth-order valence-electron chi connectivity index (χ4n) is 1.56. The van der Waals surface area contributed by atoms with Crippen LogP contribution in [0.3, 0.4) is 0 Å². The minimum absolute atomic E-state index is 0.278. The molecule has 13 heteroatoms. The molecule has 34 heavy (non-hydrogen) atoms. The van der Waals surface area contributed by atoms with Crippen LogP contribution in [0.4, 0.5) is 0 Å². The number of hydrogen-bond donors (Lipinski definition) is 8. The number of nitrogens with zero attached hydrogens (tertiary/aromatic N) is 1. The predicted octanol–water partition coefficient (Wildman–Crippen LogP) is -2.81. The number of carboxylic acids is 3. The Balaban J connectivity index is -0.000000110. The first-order valence-corrected chi connectivity index (χ1v) is 10.4. The summed E-state index contributed by atoms with van der Waals surface area (Å²) < 4.78 is 0.550. The molecule has 2 atom stereocenters. The molecule has 0 amide bonds. The zero-order valence-corrected chi connectivity index (χ0v) is 21.3. The van der Waals surface area contributed by atoms with Gasteiger partial charge in [0, 0.05) is 12.4 Å². The van der Waals surface area contributed by atoms with Crippen molar-refractivity contribution in [3.63, 3.8) is 0 Å². The Hall–Kier alpha value is -2.13. The van der Waals surface area contributed by atoms with Crippen LogP contribution in [-0.4, -0.2) is 119 Å². The van der Waals surface area contributed by atoms with E-state index in [1.165, 1.54) is 0 Å². The average Bonchev–Trinajstić information content (AvgIpc) is 2.66. The van der Waals surface area contributed by atoms with Crippen LogP contribution < -0.4 is 16.6 Å². The van der Waals surface area contributed by atoms with Crippen molar-refractivity contribution in [2.45, 2.75) is 51.9 Å². The molecular formula is C21H47N3O10.